The van der Waals surface area contributed by atoms with Crippen molar-refractivity contribution in [2.75, 3.05) is 19.7 Å². The molecule has 14 nitrogen and oxygen atoms in total. The molecule has 1 rings (SSSR count). The zero-order valence-electron chi connectivity index (χ0n) is 30.1. The van der Waals surface area contributed by atoms with Gasteiger partial charge in [0.2, 0.25) is 23.6 Å². The van der Waals surface area contributed by atoms with Crippen molar-refractivity contribution in [3.05, 3.63) is 0 Å². The highest BCUT2D eigenvalue weighted by molar-refractivity contribution is 7.53. The molecule has 6 N–H and O–H groups in total. The number of amides is 4. The van der Waals surface area contributed by atoms with Gasteiger partial charge in [0, 0.05) is 38.3 Å². The van der Waals surface area contributed by atoms with Gasteiger partial charge in [0.15, 0.2) is 11.4 Å². The topological polar surface area (TPSA) is 228 Å². The fraction of sp³-hybridized carbons (Fsp3) is 0.829. The molecule has 0 aromatic heterocycles. The predicted molar refractivity (Wildman–Crippen MR) is 188 cm³/mol. The normalized spacial score (nSPS) is 16.1. The Morgan fingerprint density at radius 3 is 1.72 bits per heavy atom. The summed E-state index contributed by atoms with van der Waals surface area (Å²) >= 11 is 0. The van der Waals surface area contributed by atoms with Crippen LogP contribution in [0.1, 0.15) is 142 Å². The van der Waals surface area contributed by atoms with E-state index in [0.29, 0.717) is 38.6 Å². The number of hydrogen-bond acceptors (Lipinski definition) is 8. The Labute approximate surface area is 297 Å². The first-order valence-electron chi connectivity index (χ1n) is 18.5. The molecule has 15 heteroatoms. The lowest BCUT2D eigenvalue weighted by atomic mass is 9.94. The fourth-order valence-corrected chi connectivity index (χ4v) is 6.93. The summed E-state index contributed by atoms with van der Waals surface area (Å²) in [5.41, 5.74) is -1.61. The first-order valence-corrected chi connectivity index (χ1v) is 20.2. The number of carbonyl (C=O) groups is 6. The number of ketones is 1. The lowest BCUT2D eigenvalue weighted by molar-refractivity contribution is -0.140. The molecule has 0 radical (unpaired) electrons. The zero-order chi connectivity index (χ0) is 37.5. The van der Waals surface area contributed by atoms with Crippen LogP contribution in [0.15, 0.2) is 0 Å². The number of carboxylic acids is 1. The van der Waals surface area contributed by atoms with Gasteiger partial charge in [-0.25, -0.2) is 0 Å². The third-order valence-corrected chi connectivity index (χ3v) is 10.6. The summed E-state index contributed by atoms with van der Waals surface area (Å²) in [6.45, 7) is 3.36. The van der Waals surface area contributed by atoms with E-state index in [0.717, 1.165) is 70.6 Å². The van der Waals surface area contributed by atoms with Crippen molar-refractivity contribution in [2.45, 2.75) is 154 Å². The highest BCUT2D eigenvalue weighted by Gasteiger charge is 2.39. The maximum absolute atomic E-state index is 12.4. The van der Waals surface area contributed by atoms with Crippen molar-refractivity contribution in [1.82, 2.24) is 15.5 Å². The van der Waals surface area contributed by atoms with Gasteiger partial charge in [0.05, 0.1) is 0 Å². The molecule has 1 fully saturated rings. The third kappa shape index (κ3) is 19.1. The minimum Gasteiger partial charge on any atom is -0.481 e. The number of nitrogens with zero attached hydrogens (tertiary/aromatic N) is 1. The molecule has 1 saturated heterocycles. The second-order valence-corrected chi connectivity index (χ2v) is 15.7. The van der Waals surface area contributed by atoms with E-state index in [1.807, 2.05) is 13.8 Å². The van der Waals surface area contributed by atoms with Gasteiger partial charge in [-0.15, -0.1) is 0 Å². The molecular formula is C35H62N3O11P. The highest BCUT2D eigenvalue weighted by atomic mass is 31.2. The molecular weight excluding hydrogens is 669 g/mol. The summed E-state index contributed by atoms with van der Waals surface area (Å²) in [5.74, 6) is -3.01. The van der Waals surface area contributed by atoms with Crippen LogP contribution >= 0.6 is 7.60 Å². The van der Waals surface area contributed by atoms with Gasteiger partial charge in [-0.3, -0.25) is 38.2 Å². The van der Waals surface area contributed by atoms with Crippen LogP contribution in [0, 0.1) is 11.8 Å². The van der Waals surface area contributed by atoms with Crippen LogP contribution in [-0.4, -0.2) is 91.7 Å². The summed E-state index contributed by atoms with van der Waals surface area (Å²) in [6, 6.07) is -1.00. The second-order valence-electron chi connectivity index (χ2n) is 13.9. The quantitative estimate of drug-likeness (QED) is 0.0348. The van der Waals surface area contributed by atoms with Gasteiger partial charge in [0.1, 0.15) is 12.6 Å². The Bertz CT molecular complexity index is 1130. The van der Waals surface area contributed by atoms with Gasteiger partial charge in [-0.05, 0) is 31.6 Å². The number of imide groups is 1. The summed E-state index contributed by atoms with van der Waals surface area (Å²) in [5, 5.41) is 23.5. The van der Waals surface area contributed by atoms with E-state index in [1.54, 1.807) is 0 Å². The number of carbonyl (C=O) groups excluding carboxylic acids is 5. The molecule has 0 aliphatic carbocycles. The number of likely N-dealkylation sites (tertiary alicyclic amines) is 1. The molecule has 1 heterocycles. The van der Waals surface area contributed by atoms with Gasteiger partial charge < -0.3 is 30.6 Å². The average molecular weight is 732 g/mol. The van der Waals surface area contributed by atoms with Crippen LogP contribution in [-0.2, 0) is 33.3 Å². The first-order chi connectivity index (χ1) is 23.7. The van der Waals surface area contributed by atoms with E-state index in [-0.39, 0.29) is 67.7 Å². The standard InChI is InChI=1S/C35H62N3O11P/c1-26(2)27-23-33(43)38(34(27)44)22-18-14-17-20-31(41)36-24-28(29(40)25-39)37-32(42)21-16-13-11-9-7-5-3-4-6-8-10-12-15-19-30(35(45)46)50(47,48)49/h26-28,30,39H,3-25H2,1-2H3,(H,36,41)(H,37,42)(H,45,46)(H2,47,48,49). The molecule has 288 valence electrons. The van der Waals surface area contributed by atoms with Crippen LogP contribution in [0.2, 0.25) is 0 Å². The summed E-state index contributed by atoms with van der Waals surface area (Å²) in [7, 11) is -4.61. The predicted octanol–water partition coefficient (Wildman–Crippen LogP) is 4.22. The lowest BCUT2D eigenvalue weighted by Crippen LogP contribution is -2.49. The van der Waals surface area contributed by atoms with Crippen LogP contribution in [0.5, 0.6) is 0 Å². The van der Waals surface area contributed by atoms with Crippen molar-refractivity contribution in [2.24, 2.45) is 11.8 Å². The minimum absolute atomic E-state index is 0.00707. The molecule has 0 aromatic carbocycles. The minimum atomic E-state index is -4.61. The summed E-state index contributed by atoms with van der Waals surface area (Å²) in [6.07, 6.45) is 14.8. The van der Waals surface area contributed by atoms with Crippen molar-refractivity contribution < 1.29 is 53.3 Å². The SMILES string of the molecule is CC(C)C1CC(=O)N(CCCCCC(=O)NCC(NC(=O)CCCCCCCCCCCCCCCC(C(=O)O)P(=O)(O)O)C(=O)CO)C1=O. The number of nitrogens with one attached hydrogen (secondary N) is 2. The van der Waals surface area contributed by atoms with E-state index in [4.69, 9.17) is 14.9 Å². The van der Waals surface area contributed by atoms with Gasteiger partial charge >= 0.3 is 13.6 Å². The van der Waals surface area contributed by atoms with Crippen molar-refractivity contribution in [3.8, 4) is 0 Å². The number of rotatable bonds is 30. The molecule has 50 heavy (non-hydrogen) atoms. The Morgan fingerprint density at radius 2 is 1.26 bits per heavy atom. The number of aliphatic hydroxyl groups is 1. The van der Waals surface area contributed by atoms with Crippen molar-refractivity contribution >= 4 is 43.0 Å². The number of hydrogen-bond donors (Lipinski definition) is 6. The van der Waals surface area contributed by atoms with Gasteiger partial charge in [0.25, 0.3) is 0 Å². The molecule has 3 unspecified atom stereocenters. The number of carboxylic acid groups (broad SMARTS) is 1. The Morgan fingerprint density at radius 1 is 0.780 bits per heavy atom. The van der Waals surface area contributed by atoms with E-state index in [9.17, 15) is 38.4 Å². The number of Topliss-reactive ketones (excluding diaryl/α,β-unsaturated/α-hetero) is 1. The van der Waals surface area contributed by atoms with E-state index >= 15 is 0 Å². The third-order valence-electron chi connectivity index (χ3n) is 9.32. The van der Waals surface area contributed by atoms with E-state index in [1.165, 1.54) is 4.90 Å². The highest BCUT2D eigenvalue weighted by Crippen LogP contribution is 2.43. The van der Waals surface area contributed by atoms with Crippen LogP contribution in [0.4, 0.5) is 0 Å². The van der Waals surface area contributed by atoms with Gasteiger partial charge in [-0.2, -0.15) is 0 Å². The molecule has 4 amide bonds. The molecule has 1 aliphatic rings. The molecule has 0 bridgehead atoms. The van der Waals surface area contributed by atoms with Crippen molar-refractivity contribution in [3.63, 3.8) is 0 Å². The Kier molecular flexibility index (Phi) is 23.0. The van der Waals surface area contributed by atoms with Crippen molar-refractivity contribution in [1.29, 1.82) is 0 Å². The summed E-state index contributed by atoms with van der Waals surface area (Å²) < 4.78 is 11.2. The average Bonchev–Trinajstić information content (AvgIpc) is 3.33. The molecule has 0 saturated carbocycles. The molecule has 0 aromatic rings. The van der Waals surface area contributed by atoms with Crippen LogP contribution < -0.4 is 10.6 Å². The second kappa shape index (κ2) is 25.3. The monoisotopic (exact) mass is 731 g/mol. The largest absolute Gasteiger partial charge is 0.481 e. The van der Waals surface area contributed by atoms with Crippen LogP contribution in [0.25, 0.3) is 0 Å². The zero-order valence-corrected chi connectivity index (χ0v) is 31.0. The van der Waals surface area contributed by atoms with Gasteiger partial charge in [-0.1, -0.05) is 97.3 Å². The first kappa shape index (κ1) is 45.4. The maximum atomic E-state index is 12.4. The lowest BCUT2D eigenvalue weighted by Gasteiger charge is -2.18. The van der Waals surface area contributed by atoms with E-state index < -0.39 is 37.7 Å². The number of aliphatic carboxylic acids is 1. The summed E-state index contributed by atoms with van der Waals surface area (Å²) in [4.78, 5) is 91.9. The molecule has 1 aliphatic heterocycles. The Balaban J connectivity index is 2.08. The molecule has 3 atom stereocenters. The smallest absolute Gasteiger partial charge is 0.339 e. The number of unbranched alkanes of at least 4 members (excludes halogenated alkanes) is 14. The van der Waals surface area contributed by atoms with E-state index in [2.05, 4.69) is 10.6 Å². The molecule has 0 spiro atoms. The van der Waals surface area contributed by atoms with Crippen LogP contribution in [0.3, 0.4) is 0 Å². The number of aliphatic hydroxyl groups excluding tert-OH is 1. The fourth-order valence-electron chi connectivity index (χ4n) is 6.13. The Hall–Kier alpha value is -2.67. The maximum Gasteiger partial charge on any atom is 0.339 e.